The first-order chi connectivity index (χ1) is 16.6. The first-order valence-corrected chi connectivity index (χ1v) is 13.0. The average Bonchev–Trinajstić information content (AvgIpc) is 3.29. The van der Waals surface area contributed by atoms with Crippen molar-refractivity contribution in [2.75, 3.05) is 52.6 Å². The van der Waals surface area contributed by atoms with E-state index in [0.717, 1.165) is 12.8 Å². The first-order valence-electron chi connectivity index (χ1n) is 13.0. The van der Waals surface area contributed by atoms with Gasteiger partial charge in [0.2, 0.25) is 0 Å². The summed E-state index contributed by atoms with van der Waals surface area (Å²) in [4.78, 5) is 39.0. The molecule has 10 heteroatoms. The van der Waals surface area contributed by atoms with E-state index in [0.29, 0.717) is 58.8 Å². The zero-order chi connectivity index (χ0) is 26.8. The number of hydrogen-bond donors (Lipinski definition) is 1. The number of nitrogens with zero attached hydrogens (tertiary/aromatic N) is 2. The molecule has 206 valence electrons. The molecule has 4 heterocycles. The SMILES string of the molecule is CC(C)(C)OC(=O)N1CCC2(CC1)COCC2=O.CC(C)(C)OC(=O)N1CCC2(CC1)COCC2O. The van der Waals surface area contributed by atoms with Crippen molar-refractivity contribution in [1.82, 2.24) is 9.80 Å². The smallest absolute Gasteiger partial charge is 0.410 e. The van der Waals surface area contributed by atoms with Crippen LogP contribution >= 0.6 is 0 Å². The van der Waals surface area contributed by atoms with Gasteiger partial charge >= 0.3 is 12.2 Å². The molecule has 0 aromatic carbocycles. The zero-order valence-electron chi connectivity index (χ0n) is 22.8. The summed E-state index contributed by atoms with van der Waals surface area (Å²) in [5.74, 6) is 0.186. The molecule has 4 saturated heterocycles. The van der Waals surface area contributed by atoms with Gasteiger partial charge in [-0.05, 0) is 67.2 Å². The molecular weight excluding hydrogens is 468 g/mol. The van der Waals surface area contributed by atoms with Crippen LogP contribution in [0.2, 0.25) is 0 Å². The van der Waals surface area contributed by atoms with Crippen molar-refractivity contribution >= 4 is 18.0 Å². The Morgan fingerprint density at radius 3 is 1.67 bits per heavy atom. The Labute approximate surface area is 214 Å². The number of carbonyl (C=O) groups is 3. The van der Waals surface area contributed by atoms with E-state index in [4.69, 9.17) is 18.9 Å². The van der Waals surface area contributed by atoms with Crippen LogP contribution in [-0.4, -0.2) is 103 Å². The molecule has 2 amide bonds. The van der Waals surface area contributed by atoms with Gasteiger partial charge in [0.1, 0.15) is 17.8 Å². The number of Topliss-reactive ketones (excluding diaryl/α,β-unsaturated/α-hetero) is 1. The van der Waals surface area contributed by atoms with Crippen molar-refractivity contribution in [3.8, 4) is 0 Å². The van der Waals surface area contributed by atoms with Crippen molar-refractivity contribution in [3.63, 3.8) is 0 Å². The van der Waals surface area contributed by atoms with Gasteiger partial charge in [-0.25, -0.2) is 9.59 Å². The Morgan fingerprint density at radius 2 is 1.31 bits per heavy atom. The highest BCUT2D eigenvalue weighted by molar-refractivity contribution is 5.88. The fraction of sp³-hybridized carbons (Fsp3) is 0.885. The van der Waals surface area contributed by atoms with Gasteiger partial charge < -0.3 is 33.9 Å². The summed E-state index contributed by atoms with van der Waals surface area (Å²) in [6.07, 6.45) is 2.00. The molecule has 0 aromatic heterocycles. The molecular formula is C26H44N2O8. The topological polar surface area (TPSA) is 115 Å². The Hall–Kier alpha value is -1.91. The van der Waals surface area contributed by atoms with Gasteiger partial charge in [-0.15, -0.1) is 0 Å². The lowest BCUT2D eigenvalue weighted by atomic mass is 9.76. The number of rotatable bonds is 0. The van der Waals surface area contributed by atoms with E-state index in [2.05, 4.69) is 0 Å². The van der Waals surface area contributed by atoms with E-state index < -0.39 is 17.3 Å². The second kappa shape index (κ2) is 10.8. The number of piperidine rings is 2. The van der Waals surface area contributed by atoms with Crippen LogP contribution in [0.1, 0.15) is 67.2 Å². The average molecular weight is 513 g/mol. The molecule has 0 aliphatic carbocycles. The molecule has 1 unspecified atom stereocenters. The highest BCUT2D eigenvalue weighted by Crippen LogP contribution is 2.40. The van der Waals surface area contributed by atoms with Gasteiger partial charge in [0.25, 0.3) is 0 Å². The summed E-state index contributed by atoms with van der Waals surface area (Å²) in [5, 5.41) is 9.96. The minimum atomic E-state index is -0.474. The third-order valence-corrected chi connectivity index (χ3v) is 7.36. The van der Waals surface area contributed by atoms with Gasteiger partial charge in [-0.2, -0.15) is 0 Å². The maximum atomic E-state index is 11.9. The second-order valence-corrected chi connectivity index (χ2v) is 12.5. The number of hydrogen-bond acceptors (Lipinski definition) is 8. The summed E-state index contributed by atoms with van der Waals surface area (Å²) >= 11 is 0. The molecule has 2 spiro atoms. The number of amides is 2. The normalized spacial score (nSPS) is 25.5. The summed E-state index contributed by atoms with van der Waals surface area (Å²) in [5.41, 5.74) is -1.41. The summed E-state index contributed by atoms with van der Waals surface area (Å²) in [7, 11) is 0. The van der Waals surface area contributed by atoms with Crippen LogP contribution in [0.25, 0.3) is 0 Å². The van der Waals surface area contributed by atoms with Crippen molar-refractivity contribution in [1.29, 1.82) is 0 Å². The Kier molecular flexibility index (Phi) is 8.62. The van der Waals surface area contributed by atoms with Gasteiger partial charge in [-0.3, -0.25) is 4.79 Å². The van der Waals surface area contributed by atoms with E-state index in [1.807, 2.05) is 41.5 Å². The van der Waals surface area contributed by atoms with Crippen molar-refractivity contribution < 1.29 is 38.4 Å². The fourth-order valence-corrected chi connectivity index (χ4v) is 5.03. The number of ketones is 1. The number of aliphatic hydroxyl groups is 1. The maximum Gasteiger partial charge on any atom is 0.410 e. The molecule has 4 aliphatic heterocycles. The third kappa shape index (κ3) is 7.10. The van der Waals surface area contributed by atoms with E-state index in [1.54, 1.807) is 9.80 Å². The molecule has 0 bridgehead atoms. The Balaban J connectivity index is 0.000000201. The van der Waals surface area contributed by atoms with E-state index >= 15 is 0 Å². The van der Waals surface area contributed by atoms with Crippen LogP contribution in [0.4, 0.5) is 9.59 Å². The first kappa shape index (κ1) is 28.7. The molecule has 4 aliphatic rings. The van der Waals surface area contributed by atoms with Gasteiger partial charge in [0, 0.05) is 31.6 Å². The standard InChI is InChI=1S/C13H23NO4.C13H21NO4/c2*1-12(2,3)18-11(16)14-6-4-13(5-7-14)9-17-8-10(13)15/h10,15H,4-9H2,1-3H3;4-9H2,1-3H3. The van der Waals surface area contributed by atoms with E-state index in [9.17, 15) is 19.5 Å². The van der Waals surface area contributed by atoms with Crippen LogP contribution < -0.4 is 0 Å². The van der Waals surface area contributed by atoms with Crippen LogP contribution in [0.15, 0.2) is 0 Å². The predicted octanol–water partition coefficient (Wildman–Crippen LogP) is 3.00. The number of likely N-dealkylation sites (tertiary alicyclic amines) is 2. The minimum Gasteiger partial charge on any atom is -0.444 e. The van der Waals surface area contributed by atoms with E-state index in [1.165, 1.54) is 0 Å². The lowest BCUT2D eigenvalue weighted by Gasteiger charge is -2.40. The maximum absolute atomic E-state index is 11.9. The number of ether oxygens (including phenoxy) is 4. The number of carbonyl (C=O) groups excluding carboxylic acids is 3. The fourth-order valence-electron chi connectivity index (χ4n) is 5.03. The minimum absolute atomic E-state index is 0.140. The van der Waals surface area contributed by atoms with Crippen molar-refractivity contribution in [3.05, 3.63) is 0 Å². The lowest BCUT2D eigenvalue weighted by Crippen LogP contribution is -2.48. The van der Waals surface area contributed by atoms with Crippen molar-refractivity contribution in [2.45, 2.75) is 84.5 Å². The van der Waals surface area contributed by atoms with E-state index in [-0.39, 0.29) is 35.4 Å². The quantitative estimate of drug-likeness (QED) is 0.527. The van der Waals surface area contributed by atoms with Gasteiger partial charge in [-0.1, -0.05) is 0 Å². The summed E-state index contributed by atoms with van der Waals surface area (Å²) < 4.78 is 21.3. The second-order valence-electron chi connectivity index (χ2n) is 12.5. The van der Waals surface area contributed by atoms with Crippen LogP contribution in [-0.2, 0) is 23.7 Å². The molecule has 1 N–H and O–H groups in total. The summed E-state index contributed by atoms with van der Waals surface area (Å²) in [6.45, 7) is 15.3. The Morgan fingerprint density at radius 1 is 0.833 bits per heavy atom. The monoisotopic (exact) mass is 512 g/mol. The summed E-state index contributed by atoms with van der Waals surface area (Å²) in [6, 6.07) is 0. The molecule has 10 nitrogen and oxygen atoms in total. The molecule has 4 rings (SSSR count). The molecule has 0 aromatic rings. The third-order valence-electron chi connectivity index (χ3n) is 7.36. The largest absolute Gasteiger partial charge is 0.444 e. The molecule has 4 fully saturated rings. The molecule has 1 atom stereocenters. The van der Waals surface area contributed by atoms with Gasteiger partial charge in [0.15, 0.2) is 5.78 Å². The Bertz CT molecular complexity index is 800. The molecule has 0 radical (unpaired) electrons. The van der Waals surface area contributed by atoms with Crippen LogP contribution in [0, 0.1) is 10.8 Å². The number of aliphatic hydroxyl groups excluding tert-OH is 1. The zero-order valence-corrected chi connectivity index (χ0v) is 22.8. The highest BCUT2D eigenvalue weighted by atomic mass is 16.6. The lowest BCUT2D eigenvalue weighted by molar-refractivity contribution is -0.126. The highest BCUT2D eigenvalue weighted by Gasteiger charge is 2.47. The predicted molar refractivity (Wildman–Crippen MR) is 132 cm³/mol. The van der Waals surface area contributed by atoms with Crippen LogP contribution in [0.3, 0.4) is 0 Å². The van der Waals surface area contributed by atoms with Gasteiger partial charge in [0.05, 0.1) is 31.3 Å². The molecule has 36 heavy (non-hydrogen) atoms. The molecule has 0 saturated carbocycles. The van der Waals surface area contributed by atoms with Crippen LogP contribution in [0.5, 0.6) is 0 Å². The van der Waals surface area contributed by atoms with Crippen molar-refractivity contribution in [2.24, 2.45) is 10.8 Å².